The van der Waals surface area contributed by atoms with Crippen LogP contribution in [-0.4, -0.2) is 34.0 Å². The zero-order valence-corrected chi connectivity index (χ0v) is 15.5. The van der Waals surface area contributed by atoms with E-state index in [4.69, 9.17) is 4.74 Å². The number of ether oxygens (including phenoxy) is 1. The largest absolute Gasteiger partial charge is 0.493 e. The zero-order chi connectivity index (χ0) is 16.1. The van der Waals surface area contributed by atoms with Crippen molar-refractivity contribution in [2.45, 2.75) is 31.8 Å². The van der Waals surface area contributed by atoms with Crippen LogP contribution in [0.15, 0.2) is 32.9 Å². The number of hydrogen-bond donors (Lipinski definition) is 0. The molecular weight excluding hydrogens is 364 g/mol. The van der Waals surface area contributed by atoms with Crippen molar-refractivity contribution in [2.75, 3.05) is 12.9 Å². The molecular formula is C15H19BrN4OS. The van der Waals surface area contributed by atoms with Gasteiger partial charge in [0.25, 0.3) is 0 Å². The van der Waals surface area contributed by atoms with Crippen molar-refractivity contribution in [1.82, 2.24) is 14.9 Å². The average molecular weight is 383 g/mol. The van der Waals surface area contributed by atoms with Gasteiger partial charge in [0.1, 0.15) is 5.75 Å². The first-order valence-electron chi connectivity index (χ1n) is 7.02. The fourth-order valence-corrected chi connectivity index (χ4v) is 2.81. The minimum Gasteiger partial charge on any atom is -0.493 e. The molecule has 0 saturated heterocycles. The molecule has 1 heterocycles. The summed E-state index contributed by atoms with van der Waals surface area (Å²) in [6.45, 7) is 6.76. The fraction of sp³-hybridized carbons (Fsp3) is 0.400. The van der Waals surface area contributed by atoms with E-state index in [2.05, 4.69) is 45.1 Å². The van der Waals surface area contributed by atoms with Gasteiger partial charge in [0.15, 0.2) is 5.82 Å². The lowest BCUT2D eigenvalue weighted by Gasteiger charge is -2.07. The molecule has 22 heavy (non-hydrogen) atoms. The summed E-state index contributed by atoms with van der Waals surface area (Å²) in [6.07, 6.45) is 3.77. The maximum atomic E-state index is 5.51. The van der Waals surface area contributed by atoms with Gasteiger partial charge in [0, 0.05) is 5.92 Å². The Bertz CT molecular complexity index is 670. The van der Waals surface area contributed by atoms with Gasteiger partial charge in [-0.3, -0.25) is 0 Å². The van der Waals surface area contributed by atoms with E-state index in [1.165, 1.54) is 11.8 Å². The highest BCUT2D eigenvalue weighted by atomic mass is 79.9. The molecule has 1 aromatic heterocycles. The van der Waals surface area contributed by atoms with Crippen LogP contribution in [0, 0.1) is 0 Å². The summed E-state index contributed by atoms with van der Waals surface area (Å²) >= 11 is 5.04. The Morgan fingerprint density at radius 1 is 1.41 bits per heavy atom. The molecule has 0 radical (unpaired) electrons. The van der Waals surface area contributed by atoms with Crippen molar-refractivity contribution in [3.8, 4) is 5.75 Å². The topological polar surface area (TPSA) is 52.3 Å². The molecule has 0 aliphatic heterocycles. The van der Waals surface area contributed by atoms with Crippen molar-refractivity contribution in [1.29, 1.82) is 0 Å². The summed E-state index contributed by atoms with van der Waals surface area (Å²) in [5.74, 6) is 1.94. The maximum absolute atomic E-state index is 5.51. The molecule has 0 N–H and O–H groups in total. The van der Waals surface area contributed by atoms with Crippen LogP contribution >= 0.6 is 27.7 Å². The number of thioether (sulfide) groups is 1. The Morgan fingerprint density at radius 2 is 2.18 bits per heavy atom. The van der Waals surface area contributed by atoms with Gasteiger partial charge in [0.05, 0.1) is 17.3 Å². The minimum absolute atomic E-state index is 0.262. The van der Waals surface area contributed by atoms with E-state index in [-0.39, 0.29) is 5.92 Å². The molecule has 1 aromatic carbocycles. The van der Waals surface area contributed by atoms with E-state index in [0.29, 0.717) is 6.61 Å². The maximum Gasteiger partial charge on any atom is 0.211 e. The SMILES string of the molecule is CCOc1ccc(/C=N\n2c(SC)nnc2C(C)C)cc1Br. The third-order valence-electron chi connectivity index (χ3n) is 2.91. The van der Waals surface area contributed by atoms with E-state index in [0.717, 1.165) is 26.8 Å². The molecule has 2 aromatic rings. The van der Waals surface area contributed by atoms with Crippen LogP contribution in [0.2, 0.25) is 0 Å². The molecule has 0 aliphatic rings. The average Bonchev–Trinajstić information content (AvgIpc) is 2.91. The van der Waals surface area contributed by atoms with Crippen LogP contribution in [0.25, 0.3) is 0 Å². The van der Waals surface area contributed by atoms with Crippen LogP contribution < -0.4 is 4.74 Å². The van der Waals surface area contributed by atoms with Gasteiger partial charge in [-0.15, -0.1) is 10.2 Å². The monoisotopic (exact) mass is 382 g/mol. The van der Waals surface area contributed by atoms with Crippen LogP contribution in [0.1, 0.15) is 38.1 Å². The molecule has 0 atom stereocenters. The molecule has 2 rings (SSSR count). The van der Waals surface area contributed by atoms with E-state index in [1.54, 1.807) is 10.9 Å². The number of hydrogen-bond acceptors (Lipinski definition) is 5. The normalized spacial score (nSPS) is 11.5. The number of benzene rings is 1. The Kier molecular flexibility index (Phi) is 6.02. The van der Waals surface area contributed by atoms with Gasteiger partial charge in [-0.05, 0) is 52.9 Å². The highest BCUT2D eigenvalue weighted by Crippen LogP contribution is 2.25. The van der Waals surface area contributed by atoms with Gasteiger partial charge in [-0.25, -0.2) is 0 Å². The van der Waals surface area contributed by atoms with E-state index in [9.17, 15) is 0 Å². The van der Waals surface area contributed by atoms with Gasteiger partial charge in [-0.2, -0.15) is 9.78 Å². The summed E-state index contributed by atoms with van der Waals surface area (Å²) < 4.78 is 8.21. The van der Waals surface area contributed by atoms with Gasteiger partial charge >= 0.3 is 0 Å². The Morgan fingerprint density at radius 3 is 2.77 bits per heavy atom. The molecule has 0 saturated carbocycles. The predicted octanol–water partition coefficient (Wildman–Crippen LogP) is 4.17. The highest BCUT2D eigenvalue weighted by Gasteiger charge is 2.13. The lowest BCUT2D eigenvalue weighted by Crippen LogP contribution is -2.02. The quantitative estimate of drug-likeness (QED) is 0.555. The van der Waals surface area contributed by atoms with Gasteiger partial charge < -0.3 is 4.74 Å². The van der Waals surface area contributed by atoms with Crippen LogP contribution in [-0.2, 0) is 0 Å². The van der Waals surface area contributed by atoms with E-state index < -0.39 is 0 Å². The van der Waals surface area contributed by atoms with Crippen molar-refractivity contribution < 1.29 is 4.74 Å². The van der Waals surface area contributed by atoms with Crippen molar-refractivity contribution in [2.24, 2.45) is 5.10 Å². The van der Waals surface area contributed by atoms with Crippen LogP contribution in [0.5, 0.6) is 5.75 Å². The summed E-state index contributed by atoms with van der Waals surface area (Å²) in [7, 11) is 0. The Labute approximate surface area is 143 Å². The van der Waals surface area contributed by atoms with Crippen molar-refractivity contribution in [3.05, 3.63) is 34.1 Å². The third-order valence-corrected chi connectivity index (χ3v) is 4.15. The standard InChI is InChI=1S/C15H19BrN4OS/c1-5-21-13-7-6-11(8-12(13)16)9-17-20-14(10(2)3)18-19-15(20)22-4/h6-10H,5H2,1-4H3/b17-9-. The van der Waals surface area contributed by atoms with Crippen LogP contribution in [0.4, 0.5) is 0 Å². The first kappa shape index (κ1) is 17.0. The highest BCUT2D eigenvalue weighted by molar-refractivity contribution is 9.10. The number of rotatable bonds is 6. The molecule has 0 unspecified atom stereocenters. The third kappa shape index (κ3) is 3.89. The van der Waals surface area contributed by atoms with Crippen molar-refractivity contribution in [3.63, 3.8) is 0 Å². The minimum atomic E-state index is 0.262. The molecule has 0 bridgehead atoms. The second-order valence-electron chi connectivity index (χ2n) is 4.88. The molecule has 7 heteroatoms. The summed E-state index contributed by atoms with van der Waals surface area (Å²) in [5.41, 5.74) is 0.978. The van der Waals surface area contributed by atoms with E-state index in [1.807, 2.05) is 31.4 Å². The lowest BCUT2D eigenvalue weighted by molar-refractivity contribution is 0.338. The first-order valence-corrected chi connectivity index (χ1v) is 9.04. The molecule has 5 nitrogen and oxygen atoms in total. The summed E-state index contributed by atoms with van der Waals surface area (Å²) in [6, 6.07) is 5.88. The molecule has 118 valence electrons. The second kappa shape index (κ2) is 7.78. The molecule has 0 spiro atoms. The zero-order valence-electron chi connectivity index (χ0n) is 13.1. The number of halogens is 1. The van der Waals surface area contributed by atoms with E-state index >= 15 is 0 Å². The predicted molar refractivity (Wildman–Crippen MR) is 94.2 cm³/mol. The fourth-order valence-electron chi connectivity index (χ4n) is 1.87. The Hall–Kier alpha value is -1.34. The molecule has 0 amide bonds. The second-order valence-corrected chi connectivity index (χ2v) is 6.51. The van der Waals surface area contributed by atoms with Crippen molar-refractivity contribution >= 4 is 33.9 Å². The van der Waals surface area contributed by atoms with Gasteiger partial charge in [-0.1, -0.05) is 25.6 Å². The van der Waals surface area contributed by atoms with Crippen LogP contribution in [0.3, 0.4) is 0 Å². The van der Waals surface area contributed by atoms with Gasteiger partial charge in [0.2, 0.25) is 5.16 Å². The molecule has 0 fully saturated rings. The smallest absolute Gasteiger partial charge is 0.211 e. The number of nitrogens with zero attached hydrogens (tertiary/aromatic N) is 4. The molecule has 0 aliphatic carbocycles. The first-order chi connectivity index (χ1) is 10.6. The lowest BCUT2D eigenvalue weighted by atomic mass is 10.2. The Balaban J connectivity index is 2.29. The summed E-state index contributed by atoms with van der Waals surface area (Å²) in [4.78, 5) is 0. The number of aromatic nitrogens is 3. The summed E-state index contributed by atoms with van der Waals surface area (Å²) in [5, 5.41) is 13.7.